The Morgan fingerprint density at radius 2 is 0.980 bits per heavy atom. The minimum atomic E-state index is 0.821. The van der Waals surface area contributed by atoms with Gasteiger partial charge >= 0.3 is 0 Å². The summed E-state index contributed by atoms with van der Waals surface area (Å²) in [5, 5.41) is 4.79. The van der Waals surface area contributed by atoms with Crippen LogP contribution in [0.1, 0.15) is 0 Å². The molecule has 0 atom stereocenters. The summed E-state index contributed by atoms with van der Waals surface area (Å²) in [4.78, 5) is 18.8. The maximum absolute atomic E-state index is 5.18. The first-order chi connectivity index (χ1) is 24.8. The molecule has 0 unspecified atom stereocenters. The van der Waals surface area contributed by atoms with Gasteiger partial charge in [0.25, 0.3) is 0 Å². The molecule has 0 saturated heterocycles. The number of pyridine rings is 4. The topological polar surface area (TPSA) is 61.4 Å². The molecule has 0 amide bonds. The van der Waals surface area contributed by atoms with Crippen LogP contribution in [0.4, 0.5) is 0 Å². The number of nitrogens with zero attached hydrogens (tertiary/aromatic N) is 6. The van der Waals surface area contributed by atoms with Crippen molar-refractivity contribution in [1.29, 1.82) is 0 Å². The molecule has 0 radical (unpaired) electrons. The minimum Gasteiger partial charge on any atom is -0.308 e. The second-order valence-electron chi connectivity index (χ2n) is 12.4. The fraction of sp³-hybridized carbons (Fsp3) is 0. The summed E-state index contributed by atoms with van der Waals surface area (Å²) in [6, 6.07) is 48.8. The van der Waals surface area contributed by atoms with Crippen LogP contribution >= 0.6 is 0 Å². The van der Waals surface area contributed by atoms with Crippen molar-refractivity contribution < 1.29 is 0 Å². The van der Waals surface area contributed by atoms with Crippen LogP contribution in [-0.2, 0) is 0 Å². The van der Waals surface area contributed by atoms with E-state index in [2.05, 4.69) is 145 Å². The first-order valence-corrected chi connectivity index (χ1v) is 16.6. The summed E-state index contributed by atoms with van der Waals surface area (Å²) in [7, 11) is 0. The third-order valence-corrected chi connectivity index (χ3v) is 9.56. The minimum absolute atomic E-state index is 0.821. The monoisotopic (exact) mass is 640 g/mol. The number of benzene rings is 4. The zero-order chi connectivity index (χ0) is 33.0. The van der Waals surface area contributed by atoms with Gasteiger partial charge < -0.3 is 9.13 Å². The van der Waals surface area contributed by atoms with Crippen LogP contribution in [0.15, 0.2) is 171 Å². The highest BCUT2D eigenvalue weighted by Crippen LogP contribution is 2.36. The van der Waals surface area contributed by atoms with Gasteiger partial charge in [0.15, 0.2) is 0 Å². The van der Waals surface area contributed by atoms with Crippen molar-refractivity contribution in [2.24, 2.45) is 0 Å². The molecule has 6 heteroatoms. The predicted octanol–water partition coefficient (Wildman–Crippen LogP) is 10.5. The highest BCUT2D eigenvalue weighted by Gasteiger charge is 2.16. The molecule has 0 aliphatic heterocycles. The molecule has 10 rings (SSSR count). The fourth-order valence-corrected chi connectivity index (χ4v) is 7.29. The Bertz CT molecular complexity index is 2760. The Morgan fingerprint density at radius 3 is 1.66 bits per heavy atom. The molecule has 50 heavy (non-hydrogen) atoms. The van der Waals surface area contributed by atoms with E-state index in [9.17, 15) is 0 Å². The first kappa shape index (κ1) is 28.1. The van der Waals surface area contributed by atoms with E-state index in [1.54, 1.807) is 0 Å². The molecule has 0 aliphatic carbocycles. The summed E-state index contributed by atoms with van der Waals surface area (Å²) in [6.45, 7) is 0. The van der Waals surface area contributed by atoms with Crippen LogP contribution < -0.4 is 0 Å². The van der Waals surface area contributed by atoms with E-state index in [1.807, 2.05) is 49.2 Å². The molecule has 6 nitrogen and oxygen atoms in total. The molecule has 6 aromatic heterocycles. The average Bonchev–Trinajstić information content (AvgIpc) is 3.71. The van der Waals surface area contributed by atoms with Gasteiger partial charge in [-0.1, -0.05) is 66.7 Å². The van der Waals surface area contributed by atoms with Gasteiger partial charge in [-0.15, -0.1) is 0 Å². The van der Waals surface area contributed by atoms with Gasteiger partial charge in [0.2, 0.25) is 0 Å². The lowest BCUT2D eigenvalue weighted by molar-refractivity contribution is 1.16. The first-order valence-electron chi connectivity index (χ1n) is 16.6. The Kier molecular flexibility index (Phi) is 6.39. The van der Waals surface area contributed by atoms with Crippen LogP contribution in [0.5, 0.6) is 0 Å². The summed E-state index contributed by atoms with van der Waals surface area (Å²) < 4.78 is 4.57. The predicted molar refractivity (Wildman–Crippen MR) is 203 cm³/mol. The van der Waals surface area contributed by atoms with Crippen molar-refractivity contribution >= 4 is 43.6 Å². The number of para-hydroxylation sites is 2. The lowest BCUT2D eigenvalue weighted by atomic mass is 10.0. The normalized spacial score (nSPS) is 11.6. The van der Waals surface area contributed by atoms with Gasteiger partial charge in [0.05, 0.1) is 51.5 Å². The molecule has 234 valence electrons. The van der Waals surface area contributed by atoms with Gasteiger partial charge in [0, 0.05) is 57.1 Å². The van der Waals surface area contributed by atoms with E-state index in [0.29, 0.717) is 0 Å². The number of hydrogen-bond acceptors (Lipinski definition) is 4. The van der Waals surface area contributed by atoms with Gasteiger partial charge in [-0.25, -0.2) is 4.98 Å². The summed E-state index contributed by atoms with van der Waals surface area (Å²) in [6.07, 6.45) is 9.42. The van der Waals surface area contributed by atoms with Gasteiger partial charge in [0.1, 0.15) is 0 Å². The van der Waals surface area contributed by atoms with Crippen molar-refractivity contribution in [3.63, 3.8) is 0 Å². The Hall–Kier alpha value is -6.92. The Morgan fingerprint density at radius 1 is 0.360 bits per heavy atom. The lowest BCUT2D eigenvalue weighted by Crippen LogP contribution is -1.97. The number of hydrogen-bond donors (Lipinski definition) is 0. The number of rotatable bonds is 5. The molecule has 0 bridgehead atoms. The van der Waals surface area contributed by atoms with E-state index in [4.69, 9.17) is 4.98 Å². The second kappa shape index (κ2) is 11.4. The van der Waals surface area contributed by atoms with E-state index in [1.165, 1.54) is 21.5 Å². The van der Waals surface area contributed by atoms with Crippen molar-refractivity contribution in [2.75, 3.05) is 0 Å². The standard InChI is InChI=1S/C44H28N6/c1-3-13-41-34(10-1)36-19-22-45-27-43(36)49(41)32-17-15-29(16-18-32)31-25-39(48-40(26-31)38-12-5-6-21-47-38)30-8-7-9-33(24-30)50-42-14-4-2-11-35(42)37-20-23-46-28-44(37)50/h1-28H. The molecule has 0 saturated carbocycles. The number of fused-ring (bicyclic) bond motifs is 6. The molecule has 10 aromatic rings. The maximum Gasteiger partial charge on any atom is 0.0899 e. The summed E-state index contributed by atoms with van der Waals surface area (Å²) in [5.41, 5.74) is 12.3. The fourth-order valence-electron chi connectivity index (χ4n) is 7.29. The Labute approximate surface area is 287 Å². The van der Waals surface area contributed by atoms with E-state index in [-0.39, 0.29) is 0 Å². The van der Waals surface area contributed by atoms with Crippen molar-refractivity contribution in [3.05, 3.63) is 171 Å². The highest BCUT2D eigenvalue weighted by molar-refractivity contribution is 6.10. The van der Waals surface area contributed by atoms with E-state index < -0.39 is 0 Å². The molecule has 0 fully saturated rings. The second-order valence-corrected chi connectivity index (χ2v) is 12.4. The van der Waals surface area contributed by atoms with E-state index >= 15 is 0 Å². The SMILES string of the molecule is c1ccc(-c2cc(-c3ccc(-n4c5ccccc5c5ccncc54)cc3)cc(-c3cccc(-n4c5ccccc5c5ccncc54)c3)n2)nc1. The average molecular weight is 641 g/mol. The summed E-state index contributed by atoms with van der Waals surface area (Å²) in [5.74, 6) is 0. The van der Waals surface area contributed by atoms with Gasteiger partial charge in [-0.05, 0) is 83.9 Å². The number of aromatic nitrogens is 6. The maximum atomic E-state index is 5.18. The van der Waals surface area contributed by atoms with Crippen LogP contribution in [0.25, 0.3) is 88.8 Å². The quantitative estimate of drug-likeness (QED) is 0.188. The van der Waals surface area contributed by atoms with Crippen molar-refractivity contribution in [2.45, 2.75) is 0 Å². The molecular weight excluding hydrogens is 613 g/mol. The molecule has 4 aromatic carbocycles. The third kappa shape index (κ3) is 4.50. The molecular formula is C44H28N6. The van der Waals surface area contributed by atoms with Crippen LogP contribution in [0.2, 0.25) is 0 Å². The molecule has 0 spiro atoms. The smallest absolute Gasteiger partial charge is 0.0899 e. The lowest BCUT2D eigenvalue weighted by Gasteiger charge is -2.13. The highest BCUT2D eigenvalue weighted by atomic mass is 15.0. The van der Waals surface area contributed by atoms with Crippen LogP contribution in [-0.4, -0.2) is 29.1 Å². The van der Waals surface area contributed by atoms with Gasteiger partial charge in [-0.2, -0.15) is 0 Å². The van der Waals surface area contributed by atoms with Crippen LogP contribution in [0.3, 0.4) is 0 Å². The summed E-state index contributed by atoms with van der Waals surface area (Å²) >= 11 is 0. The van der Waals surface area contributed by atoms with Crippen LogP contribution in [0, 0.1) is 0 Å². The van der Waals surface area contributed by atoms with Crippen molar-refractivity contribution in [3.8, 4) is 45.1 Å². The van der Waals surface area contributed by atoms with Crippen molar-refractivity contribution in [1.82, 2.24) is 29.1 Å². The molecule has 6 heterocycles. The van der Waals surface area contributed by atoms with E-state index in [0.717, 1.165) is 67.2 Å². The largest absolute Gasteiger partial charge is 0.308 e. The van der Waals surface area contributed by atoms with Gasteiger partial charge in [-0.3, -0.25) is 15.0 Å². The zero-order valence-electron chi connectivity index (χ0n) is 26.8. The zero-order valence-corrected chi connectivity index (χ0v) is 26.8. The molecule has 0 N–H and O–H groups in total. The molecule has 0 aliphatic rings. The third-order valence-electron chi connectivity index (χ3n) is 9.56. The Balaban J connectivity index is 1.11.